The highest BCUT2D eigenvalue weighted by Gasteiger charge is 2.60. The molecule has 0 radical (unpaired) electrons. The summed E-state index contributed by atoms with van der Waals surface area (Å²) < 4.78 is 0. The third-order valence-corrected chi connectivity index (χ3v) is 11.0. The summed E-state index contributed by atoms with van der Waals surface area (Å²) in [5.41, 5.74) is 2.44. The van der Waals surface area contributed by atoms with Crippen molar-refractivity contribution in [3.63, 3.8) is 0 Å². The number of carbonyl (C=O) groups excluding carboxylic acids is 1. The number of allylic oxidation sites excluding steroid dienone is 1. The number of thiol groups is 1. The predicted octanol–water partition coefficient (Wildman–Crippen LogP) is 6.19. The first-order valence-corrected chi connectivity index (χ1v) is 14.6. The first-order valence-electron chi connectivity index (χ1n) is 13.7. The highest BCUT2D eigenvalue weighted by Crippen LogP contribution is 2.65. The van der Waals surface area contributed by atoms with E-state index in [1.807, 2.05) is 11.9 Å². The normalized spacial score (nSPS) is 41.4. The molecule has 3 fully saturated rings. The fraction of sp³-hybridized carbons (Fsp3) is 0.862. The second-order valence-corrected chi connectivity index (χ2v) is 11.9. The minimum Gasteiger partial charge on any atom is -0.342 e. The lowest BCUT2D eigenvalue weighted by atomic mass is 9.45. The Morgan fingerprint density at radius 3 is 2.59 bits per heavy atom. The molecule has 1 aliphatic heterocycles. The van der Waals surface area contributed by atoms with Gasteiger partial charge in [0.2, 0.25) is 5.91 Å². The lowest BCUT2D eigenvalue weighted by Crippen LogP contribution is -2.54. The Kier molecular flexibility index (Phi) is 8.89. The first kappa shape index (κ1) is 27.6. The van der Waals surface area contributed by atoms with Crippen LogP contribution in [0.5, 0.6) is 0 Å². The second kappa shape index (κ2) is 11.0. The van der Waals surface area contributed by atoms with Crippen LogP contribution < -0.4 is 0 Å². The number of nitrogens with zero attached hydrogens (tertiary/aromatic N) is 3. The SMILES string of the molecule is CCC1C2CC=C3CC(N(C)C(=O)CCC#N)CCC3(C)C2CCC12CN(C)C(C)C2C.CS. The largest absolute Gasteiger partial charge is 0.342 e. The number of fused-ring (bicyclic) bond motifs is 3. The zero-order valence-electron chi connectivity index (χ0n) is 22.8. The van der Waals surface area contributed by atoms with Gasteiger partial charge in [-0.1, -0.05) is 38.8 Å². The number of hydrogen-bond donors (Lipinski definition) is 1. The van der Waals surface area contributed by atoms with Crippen molar-refractivity contribution >= 4 is 18.5 Å². The lowest BCUT2D eigenvalue weighted by Gasteiger charge is -2.60. The predicted molar refractivity (Wildman–Crippen MR) is 145 cm³/mol. The van der Waals surface area contributed by atoms with Crippen LogP contribution in [0, 0.1) is 45.8 Å². The van der Waals surface area contributed by atoms with E-state index < -0.39 is 0 Å². The van der Waals surface area contributed by atoms with Gasteiger partial charge >= 0.3 is 0 Å². The van der Waals surface area contributed by atoms with Crippen molar-refractivity contribution in [2.75, 3.05) is 26.9 Å². The minimum absolute atomic E-state index is 0.133. The van der Waals surface area contributed by atoms with Crippen molar-refractivity contribution < 1.29 is 4.79 Å². The third kappa shape index (κ3) is 4.47. The third-order valence-electron chi connectivity index (χ3n) is 11.0. The molecule has 0 bridgehead atoms. The van der Waals surface area contributed by atoms with Crippen molar-refractivity contribution in [3.8, 4) is 6.07 Å². The number of hydrogen-bond acceptors (Lipinski definition) is 4. The molecule has 34 heavy (non-hydrogen) atoms. The van der Waals surface area contributed by atoms with Gasteiger partial charge in [0.1, 0.15) is 0 Å². The van der Waals surface area contributed by atoms with Crippen LogP contribution in [-0.4, -0.2) is 54.7 Å². The van der Waals surface area contributed by atoms with Crippen LogP contribution >= 0.6 is 12.6 Å². The average molecular weight is 488 g/mol. The molecule has 0 N–H and O–H groups in total. The van der Waals surface area contributed by atoms with Gasteiger partial charge in [0.15, 0.2) is 0 Å². The van der Waals surface area contributed by atoms with Gasteiger partial charge in [0.05, 0.1) is 6.07 Å². The summed E-state index contributed by atoms with van der Waals surface area (Å²) in [6.45, 7) is 11.3. The van der Waals surface area contributed by atoms with E-state index in [9.17, 15) is 4.79 Å². The molecule has 1 heterocycles. The summed E-state index contributed by atoms with van der Waals surface area (Å²) in [5, 5.41) is 8.84. The molecular formula is C29H49N3OS. The van der Waals surface area contributed by atoms with E-state index in [0.717, 1.165) is 36.5 Å². The van der Waals surface area contributed by atoms with Crippen LogP contribution in [0.4, 0.5) is 0 Å². The van der Waals surface area contributed by atoms with E-state index in [-0.39, 0.29) is 5.91 Å². The molecule has 5 heteroatoms. The highest BCUT2D eigenvalue weighted by atomic mass is 32.1. The van der Waals surface area contributed by atoms with Crippen LogP contribution in [0.2, 0.25) is 0 Å². The van der Waals surface area contributed by atoms with E-state index in [1.165, 1.54) is 38.6 Å². The van der Waals surface area contributed by atoms with E-state index in [2.05, 4.69) is 64.4 Å². The summed E-state index contributed by atoms with van der Waals surface area (Å²) in [6, 6.07) is 3.11. The van der Waals surface area contributed by atoms with Crippen molar-refractivity contribution in [2.24, 2.45) is 34.5 Å². The highest BCUT2D eigenvalue weighted by molar-refractivity contribution is 7.79. The monoisotopic (exact) mass is 487 g/mol. The van der Waals surface area contributed by atoms with Gasteiger partial charge in [-0.3, -0.25) is 4.79 Å². The quantitative estimate of drug-likeness (QED) is 0.380. The van der Waals surface area contributed by atoms with Crippen molar-refractivity contribution in [1.82, 2.24) is 9.80 Å². The molecule has 8 unspecified atom stereocenters. The molecule has 2 saturated carbocycles. The molecule has 0 aromatic carbocycles. The van der Waals surface area contributed by atoms with Gasteiger partial charge in [0.25, 0.3) is 0 Å². The Labute approximate surface area is 214 Å². The Morgan fingerprint density at radius 2 is 2.00 bits per heavy atom. The van der Waals surface area contributed by atoms with E-state index in [0.29, 0.717) is 35.8 Å². The molecule has 0 aromatic rings. The Hall–Kier alpha value is -0.990. The number of amides is 1. The van der Waals surface area contributed by atoms with Crippen molar-refractivity contribution in [3.05, 3.63) is 11.6 Å². The number of likely N-dealkylation sites (tertiary alicyclic amines) is 1. The molecule has 4 rings (SSSR count). The zero-order chi connectivity index (χ0) is 25.3. The number of rotatable bonds is 4. The van der Waals surface area contributed by atoms with Crippen LogP contribution in [0.25, 0.3) is 0 Å². The summed E-state index contributed by atoms with van der Waals surface area (Å²) in [4.78, 5) is 17.1. The lowest BCUT2D eigenvalue weighted by molar-refractivity contribution is -0.133. The van der Waals surface area contributed by atoms with Crippen molar-refractivity contribution in [2.45, 2.75) is 97.6 Å². The number of nitriles is 1. The van der Waals surface area contributed by atoms with Gasteiger partial charge in [-0.25, -0.2) is 0 Å². The molecule has 192 valence electrons. The maximum Gasteiger partial charge on any atom is 0.223 e. The molecule has 4 aliphatic rings. The molecule has 1 saturated heterocycles. The van der Waals surface area contributed by atoms with Crippen LogP contribution in [0.3, 0.4) is 0 Å². The van der Waals surface area contributed by atoms with E-state index in [4.69, 9.17) is 5.26 Å². The summed E-state index contributed by atoms with van der Waals surface area (Å²) in [5.74, 6) is 3.35. The zero-order valence-corrected chi connectivity index (χ0v) is 23.7. The summed E-state index contributed by atoms with van der Waals surface area (Å²) in [7, 11) is 4.29. The van der Waals surface area contributed by atoms with Crippen LogP contribution in [0.1, 0.15) is 85.5 Å². The van der Waals surface area contributed by atoms with E-state index >= 15 is 0 Å². The van der Waals surface area contributed by atoms with Gasteiger partial charge in [-0.15, -0.1) is 0 Å². The standard InChI is InChI=1S/C28H45N3O.CH4S/c1-7-24-23-11-10-21-17-22(31(6)26(32)9-8-16-29)12-14-27(21,4)25(23)13-15-28(24)18-30(5)20(3)19(28)2;1-2/h10,19-20,22-25H,7-9,11-15,17-18H2,1-6H3;2H,1H3. The second-order valence-electron chi connectivity index (χ2n) is 11.9. The minimum atomic E-state index is 0.133. The Balaban J connectivity index is 0.00000158. The van der Waals surface area contributed by atoms with Gasteiger partial charge < -0.3 is 9.80 Å². The summed E-state index contributed by atoms with van der Waals surface area (Å²) in [6.07, 6.45) is 13.6. The molecule has 4 nitrogen and oxygen atoms in total. The molecule has 1 spiro atoms. The average Bonchev–Trinajstić information content (AvgIpc) is 3.06. The molecular weight excluding hydrogens is 438 g/mol. The smallest absolute Gasteiger partial charge is 0.223 e. The Bertz CT molecular complexity index is 806. The topological polar surface area (TPSA) is 47.3 Å². The maximum atomic E-state index is 12.5. The molecule has 1 amide bonds. The fourth-order valence-electron chi connectivity index (χ4n) is 8.84. The van der Waals surface area contributed by atoms with Gasteiger partial charge in [-0.05, 0) is 93.3 Å². The summed E-state index contributed by atoms with van der Waals surface area (Å²) >= 11 is 3.53. The van der Waals surface area contributed by atoms with Crippen molar-refractivity contribution in [1.29, 1.82) is 5.26 Å². The maximum absolute atomic E-state index is 12.5. The molecule has 0 aromatic heterocycles. The van der Waals surface area contributed by atoms with E-state index in [1.54, 1.807) is 11.8 Å². The first-order chi connectivity index (χ1) is 16.2. The fourth-order valence-corrected chi connectivity index (χ4v) is 8.84. The number of carbonyl (C=O) groups is 1. The molecule has 3 aliphatic carbocycles. The van der Waals surface area contributed by atoms with Crippen LogP contribution in [0.15, 0.2) is 11.6 Å². The van der Waals surface area contributed by atoms with Crippen LogP contribution in [-0.2, 0) is 4.79 Å². The molecule has 8 atom stereocenters. The van der Waals surface area contributed by atoms with Gasteiger partial charge in [-0.2, -0.15) is 17.9 Å². The Morgan fingerprint density at radius 1 is 1.29 bits per heavy atom. The van der Waals surface area contributed by atoms with Gasteiger partial charge in [0, 0.05) is 38.5 Å².